The van der Waals surface area contributed by atoms with Gasteiger partial charge in [-0.15, -0.1) is 0 Å². The zero-order chi connectivity index (χ0) is 37.1. The maximum absolute atomic E-state index is 6.01. The molecule has 0 amide bonds. The molecule has 3 aromatic heterocycles. The van der Waals surface area contributed by atoms with Crippen molar-refractivity contribution in [1.29, 1.82) is 0 Å². The zero-order valence-electron chi connectivity index (χ0n) is 30.6. The van der Waals surface area contributed by atoms with Crippen LogP contribution in [0.3, 0.4) is 0 Å². The molecule has 4 aromatic carbocycles. The molecule has 2 aliphatic heterocycles. The van der Waals surface area contributed by atoms with Gasteiger partial charge >= 0.3 is 0 Å². The van der Waals surface area contributed by atoms with Crippen LogP contribution in [0.15, 0.2) is 133 Å². The number of nitrogens with one attached hydrogen (secondary N) is 2. The number of thiol groups is 1. The summed E-state index contributed by atoms with van der Waals surface area (Å²) in [6.45, 7) is 0. The molecular weight excluding hydrogens is 693 g/mol. The van der Waals surface area contributed by atoms with Gasteiger partial charge in [0.2, 0.25) is 0 Å². The molecule has 2 aliphatic rings. The van der Waals surface area contributed by atoms with Gasteiger partial charge in [0.25, 0.3) is 0 Å². The van der Waals surface area contributed by atoms with Gasteiger partial charge in [0.15, 0.2) is 0 Å². The van der Waals surface area contributed by atoms with Gasteiger partial charge in [0.05, 0.1) is 29.9 Å². The lowest BCUT2D eigenvalue weighted by Crippen LogP contribution is -1.95. The number of methoxy groups -OCH3 is 1. The first-order valence-electron chi connectivity index (χ1n) is 18.8. The maximum Gasteiger partial charge on any atom is 0.122 e. The SMILES string of the molecule is COc1cc(-c2c3nc(c(-c4ccccc4)c4ccc([nH]4)c(-c4ccccc4)c4nc(c(-c5ccccc5)c5ccc2[nH]5)C=C4)C=C3)ccc1CCCCS. The molecule has 0 unspecified atom stereocenters. The van der Waals surface area contributed by atoms with Gasteiger partial charge in [-0.05, 0) is 107 Å². The second kappa shape index (κ2) is 15.2. The average Bonchev–Trinajstić information content (AvgIpc) is 4.08. The lowest BCUT2D eigenvalue weighted by molar-refractivity contribution is 0.409. The van der Waals surface area contributed by atoms with Crippen LogP contribution in [0.4, 0.5) is 0 Å². The van der Waals surface area contributed by atoms with E-state index in [1.54, 1.807) is 7.11 Å². The van der Waals surface area contributed by atoms with Gasteiger partial charge < -0.3 is 14.7 Å². The van der Waals surface area contributed by atoms with E-state index in [9.17, 15) is 0 Å². The molecule has 0 atom stereocenters. The summed E-state index contributed by atoms with van der Waals surface area (Å²) in [5, 5.41) is 0. The van der Waals surface area contributed by atoms with E-state index in [1.807, 2.05) is 0 Å². The minimum Gasteiger partial charge on any atom is -0.496 e. The van der Waals surface area contributed by atoms with Gasteiger partial charge in [-0.25, -0.2) is 9.97 Å². The fourth-order valence-electron chi connectivity index (χ4n) is 7.77. The van der Waals surface area contributed by atoms with E-state index in [2.05, 4.69) is 180 Å². The number of unbranched alkanes of at least 4 members (excludes halogenated alkanes) is 1. The number of hydrogen-bond acceptors (Lipinski definition) is 4. The Morgan fingerprint density at radius 3 is 1.25 bits per heavy atom. The van der Waals surface area contributed by atoms with Crippen LogP contribution in [-0.4, -0.2) is 32.8 Å². The average molecular weight is 733 g/mol. The topological polar surface area (TPSA) is 66.6 Å². The van der Waals surface area contributed by atoms with Gasteiger partial charge in [-0.2, -0.15) is 12.6 Å². The van der Waals surface area contributed by atoms with Gasteiger partial charge in [0.1, 0.15) is 5.75 Å². The van der Waals surface area contributed by atoms with Crippen molar-refractivity contribution in [3.8, 4) is 50.3 Å². The Kier molecular flexibility index (Phi) is 9.49. The second-order valence-electron chi connectivity index (χ2n) is 13.8. The second-order valence-corrected chi connectivity index (χ2v) is 14.3. The van der Waals surface area contributed by atoms with E-state index in [0.717, 1.165) is 120 Å². The molecule has 0 fully saturated rings. The number of benzene rings is 4. The standard InChI is InChI=1S/C49H40N4OS/c1-54-45-31-36(21-20-32(45)13-11-12-30-55)49-43-28-26-41(52-43)47(34-16-7-3-8-17-34)39-24-22-37(50-39)46(33-14-5-2-6-15-33)38-23-25-40(51-38)48(35-18-9-4-10-19-35)42-27-29-44(49)53-42/h2-10,14-29,31,50,53,55H,11-13,30H2,1H3. The van der Waals surface area contributed by atoms with Crippen LogP contribution in [0, 0.1) is 0 Å². The van der Waals surface area contributed by atoms with E-state index in [4.69, 9.17) is 14.7 Å². The normalized spacial score (nSPS) is 12.0. The maximum atomic E-state index is 6.01. The van der Waals surface area contributed by atoms with Crippen molar-refractivity contribution in [3.63, 3.8) is 0 Å². The first kappa shape index (κ1) is 34.4. The summed E-state index contributed by atoms with van der Waals surface area (Å²) in [6.07, 6.45) is 11.6. The van der Waals surface area contributed by atoms with Crippen LogP contribution < -0.4 is 4.74 Å². The van der Waals surface area contributed by atoms with Crippen molar-refractivity contribution in [3.05, 3.63) is 162 Å². The fourth-order valence-corrected chi connectivity index (χ4v) is 7.99. The minimum atomic E-state index is 0.868. The molecule has 0 saturated carbocycles. The van der Waals surface area contributed by atoms with Crippen molar-refractivity contribution in [1.82, 2.24) is 19.9 Å². The molecule has 55 heavy (non-hydrogen) atoms. The summed E-state index contributed by atoms with van der Waals surface area (Å²) in [7, 11) is 1.76. The van der Waals surface area contributed by atoms with Gasteiger partial charge in [-0.1, -0.05) is 103 Å². The monoisotopic (exact) mass is 732 g/mol. The van der Waals surface area contributed by atoms with Gasteiger partial charge in [0, 0.05) is 44.3 Å². The number of nitrogens with zero attached hydrogens (tertiary/aromatic N) is 2. The smallest absolute Gasteiger partial charge is 0.122 e. The third-order valence-electron chi connectivity index (χ3n) is 10.4. The molecule has 7 aromatic rings. The Hall–Kier alpha value is -6.37. The Morgan fingerprint density at radius 1 is 0.473 bits per heavy atom. The molecule has 5 heterocycles. The van der Waals surface area contributed by atoms with Crippen molar-refractivity contribution >= 4 is 59.0 Å². The number of H-pyrrole nitrogens is 2. The highest BCUT2D eigenvalue weighted by atomic mass is 32.1. The Bertz CT molecular complexity index is 2710. The van der Waals surface area contributed by atoms with Crippen molar-refractivity contribution in [2.75, 3.05) is 12.9 Å². The summed E-state index contributed by atoms with van der Waals surface area (Å²) in [5.74, 6) is 1.75. The van der Waals surface area contributed by atoms with Crippen LogP contribution in [0.25, 0.3) is 90.9 Å². The summed E-state index contributed by atoms with van der Waals surface area (Å²) < 4.78 is 6.01. The van der Waals surface area contributed by atoms with E-state index in [-0.39, 0.29) is 0 Å². The van der Waals surface area contributed by atoms with E-state index >= 15 is 0 Å². The highest BCUT2D eigenvalue weighted by Crippen LogP contribution is 2.39. The lowest BCUT2D eigenvalue weighted by atomic mass is 9.99. The van der Waals surface area contributed by atoms with Crippen molar-refractivity contribution in [2.45, 2.75) is 19.3 Å². The number of aromatic amines is 2. The molecule has 0 aliphatic carbocycles. The summed E-state index contributed by atoms with van der Waals surface area (Å²) in [5.41, 5.74) is 17.0. The van der Waals surface area contributed by atoms with E-state index < -0.39 is 0 Å². The first-order valence-corrected chi connectivity index (χ1v) is 19.4. The molecule has 8 bridgehead atoms. The van der Waals surface area contributed by atoms with Crippen LogP contribution in [0.5, 0.6) is 5.75 Å². The summed E-state index contributed by atoms with van der Waals surface area (Å²) in [4.78, 5) is 18.5. The van der Waals surface area contributed by atoms with Crippen molar-refractivity contribution in [2.24, 2.45) is 0 Å². The van der Waals surface area contributed by atoms with E-state index in [0.29, 0.717) is 0 Å². The predicted octanol–water partition coefficient (Wildman–Crippen LogP) is 12.6. The Labute approximate surface area is 326 Å². The largest absolute Gasteiger partial charge is 0.496 e. The number of hydrogen-bond donors (Lipinski definition) is 3. The molecule has 0 radical (unpaired) electrons. The summed E-state index contributed by atoms with van der Waals surface area (Å²) >= 11 is 4.43. The molecule has 5 nitrogen and oxygen atoms in total. The molecule has 6 heteroatoms. The molecule has 0 saturated heterocycles. The number of fused-ring (bicyclic) bond motifs is 8. The molecule has 2 N–H and O–H groups in total. The van der Waals surface area contributed by atoms with Crippen LogP contribution in [0.2, 0.25) is 0 Å². The zero-order valence-corrected chi connectivity index (χ0v) is 31.5. The molecule has 9 rings (SSSR count). The third kappa shape index (κ3) is 6.70. The fraction of sp³-hybridized carbons (Fsp3) is 0.102. The number of rotatable bonds is 9. The van der Waals surface area contributed by atoms with Crippen molar-refractivity contribution < 1.29 is 4.74 Å². The van der Waals surface area contributed by atoms with Gasteiger partial charge in [-0.3, -0.25) is 0 Å². The third-order valence-corrected chi connectivity index (χ3v) is 10.7. The Morgan fingerprint density at radius 2 is 0.873 bits per heavy atom. The highest BCUT2D eigenvalue weighted by molar-refractivity contribution is 7.80. The predicted molar refractivity (Wildman–Crippen MR) is 234 cm³/mol. The quantitative estimate of drug-likeness (QED) is 0.102. The highest BCUT2D eigenvalue weighted by Gasteiger charge is 2.19. The minimum absolute atomic E-state index is 0.868. The number of aryl methyl sites for hydroxylation is 1. The van der Waals surface area contributed by atoms with E-state index in [1.165, 1.54) is 5.56 Å². The van der Waals surface area contributed by atoms with Crippen LogP contribution in [-0.2, 0) is 6.42 Å². The summed E-state index contributed by atoms with van der Waals surface area (Å²) in [6, 6.07) is 46.7. The number of ether oxygens (including phenoxy) is 1. The molecular formula is C49H40N4OS. The van der Waals surface area contributed by atoms with Crippen LogP contribution in [0.1, 0.15) is 41.2 Å². The molecule has 268 valence electrons. The molecule has 0 spiro atoms. The number of aromatic nitrogens is 4. The lowest BCUT2D eigenvalue weighted by Gasteiger charge is -2.12. The van der Waals surface area contributed by atoms with Crippen LogP contribution >= 0.6 is 12.6 Å². The Balaban J connectivity index is 1.41. The first-order chi connectivity index (χ1) is 27.2.